The van der Waals surface area contributed by atoms with E-state index in [9.17, 15) is 4.79 Å². The molecule has 1 aromatic heterocycles. The molecule has 0 saturated heterocycles. The molecule has 0 N–H and O–H groups in total. The molecule has 1 aliphatic carbocycles. The quantitative estimate of drug-likeness (QED) is 0.805. The summed E-state index contributed by atoms with van der Waals surface area (Å²) in [5.41, 5.74) is 1.92. The van der Waals surface area contributed by atoms with Crippen molar-refractivity contribution >= 4 is 5.78 Å². The number of rotatable bonds is 5. The Kier molecular flexibility index (Phi) is 4.94. The first-order chi connectivity index (χ1) is 9.20. The maximum atomic E-state index is 12.3. The van der Waals surface area contributed by atoms with Crippen LogP contribution in [0.5, 0.6) is 0 Å². The maximum absolute atomic E-state index is 12.3. The first kappa shape index (κ1) is 14.0. The van der Waals surface area contributed by atoms with E-state index in [1.54, 1.807) is 0 Å². The van der Waals surface area contributed by atoms with Crippen LogP contribution in [0.4, 0.5) is 0 Å². The van der Waals surface area contributed by atoms with Crippen LogP contribution in [0.25, 0.3) is 0 Å². The van der Waals surface area contributed by atoms with Gasteiger partial charge in [0.15, 0.2) is 5.78 Å². The molecule has 2 rings (SSSR count). The molecule has 3 nitrogen and oxygen atoms in total. The topological polar surface area (TPSA) is 34.9 Å². The fourth-order valence-corrected chi connectivity index (χ4v) is 2.45. The van der Waals surface area contributed by atoms with Crippen LogP contribution in [0, 0.1) is 0 Å². The van der Waals surface area contributed by atoms with E-state index < -0.39 is 0 Å². The molecule has 0 aliphatic heterocycles. The monoisotopic (exact) mass is 260 g/mol. The van der Waals surface area contributed by atoms with Gasteiger partial charge in [-0.25, -0.2) is 0 Å². The van der Waals surface area contributed by atoms with Gasteiger partial charge in [0.2, 0.25) is 0 Å². The van der Waals surface area contributed by atoms with E-state index >= 15 is 0 Å². The second-order valence-corrected chi connectivity index (χ2v) is 5.47. The molecule has 1 aromatic rings. The van der Waals surface area contributed by atoms with Crippen molar-refractivity contribution in [1.29, 1.82) is 0 Å². The minimum absolute atomic E-state index is 0.260. The molecule has 0 saturated carbocycles. The van der Waals surface area contributed by atoms with Gasteiger partial charge in [0, 0.05) is 12.2 Å². The molecule has 0 aromatic carbocycles. The molecule has 19 heavy (non-hydrogen) atoms. The lowest BCUT2D eigenvalue weighted by Crippen LogP contribution is -2.09. The maximum Gasteiger partial charge on any atom is 0.164 e. The Bertz CT molecular complexity index is 459. The van der Waals surface area contributed by atoms with E-state index in [-0.39, 0.29) is 5.78 Å². The van der Waals surface area contributed by atoms with E-state index in [0.29, 0.717) is 12.5 Å². The zero-order chi connectivity index (χ0) is 13.7. The zero-order valence-corrected chi connectivity index (χ0v) is 12.1. The number of carbonyl (C=O) groups excluding carboxylic acids is 1. The largest absolute Gasteiger partial charge is 0.294 e. The van der Waals surface area contributed by atoms with E-state index in [0.717, 1.165) is 37.0 Å². The van der Waals surface area contributed by atoms with Crippen LogP contribution in [-0.2, 0) is 11.2 Å². The van der Waals surface area contributed by atoms with Gasteiger partial charge in [-0.3, -0.25) is 9.48 Å². The van der Waals surface area contributed by atoms with Crippen LogP contribution in [-0.4, -0.2) is 15.6 Å². The lowest BCUT2D eigenvalue weighted by atomic mass is 10.0. The lowest BCUT2D eigenvalue weighted by molar-refractivity contribution is -0.115. The molecule has 1 heterocycles. The first-order valence-electron chi connectivity index (χ1n) is 7.47. The molecule has 1 unspecified atom stereocenters. The molecule has 0 bridgehead atoms. The average Bonchev–Trinajstić information content (AvgIpc) is 2.71. The number of allylic oxidation sites excluding steroid dienone is 2. The third-order valence-electron chi connectivity index (χ3n) is 3.95. The van der Waals surface area contributed by atoms with Gasteiger partial charge >= 0.3 is 0 Å². The molecule has 1 atom stereocenters. The second kappa shape index (κ2) is 6.69. The van der Waals surface area contributed by atoms with Crippen molar-refractivity contribution in [3.05, 3.63) is 29.6 Å². The number of nitrogens with zero attached hydrogens (tertiary/aromatic N) is 2. The predicted octanol–water partition coefficient (Wildman–Crippen LogP) is 3.86. The fraction of sp³-hybridized carbons (Fsp3) is 0.625. The minimum atomic E-state index is 0.260. The SMILES string of the molecule is CCC(C)n1ccc(CC(=O)C2=CCCCCC2)n1. The molecule has 1 aliphatic rings. The van der Waals surface area contributed by atoms with Gasteiger partial charge in [0.25, 0.3) is 0 Å². The van der Waals surface area contributed by atoms with Gasteiger partial charge in [-0.05, 0) is 50.7 Å². The molecule has 0 radical (unpaired) electrons. The Labute approximate surface area is 115 Å². The van der Waals surface area contributed by atoms with E-state index in [1.165, 1.54) is 12.8 Å². The Morgan fingerprint density at radius 2 is 2.26 bits per heavy atom. The van der Waals surface area contributed by atoms with Crippen LogP contribution in [0.2, 0.25) is 0 Å². The summed E-state index contributed by atoms with van der Waals surface area (Å²) >= 11 is 0. The van der Waals surface area contributed by atoms with Crippen LogP contribution < -0.4 is 0 Å². The van der Waals surface area contributed by atoms with Crippen molar-refractivity contribution in [2.45, 2.75) is 64.8 Å². The van der Waals surface area contributed by atoms with Crippen LogP contribution in [0.3, 0.4) is 0 Å². The molecule has 3 heteroatoms. The predicted molar refractivity (Wildman–Crippen MR) is 77.1 cm³/mol. The van der Waals surface area contributed by atoms with Crippen LogP contribution >= 0.6 is 0 Å². The van der Waals surface area contributed by atoms with Crippen molar-refractivity contribution in [3.63, 3.8) is 0 Å². The van der Waals surface area contributed by atoms with E-state index in [4.69, 9.17) is 0 Å². The summed E-state index contributed by atoms with van der Waals surface area (Å²) in [4.78, 5) is 12.3. The number of carbonyl (C=O) groups is 1. The van der Waals surface area contributed by atoms with Gasteiger partial charge in [-0.2, -0.15) is 5.10 Å². The highest BCUT2D eigenvalue weighted by atomic mass is 16.1. The third kappa shape index (κ3) is 3.79. The second-order valence-electron chi connectivity index (χ2n) is 5.47. The summed E-state index contributed by atoms with van der Waals surface area (Å²) < 4.78 is 1.96. The Morgan fingerprint density at radius 1 is 1.42 bits per heavy atom. The molecular weight excluding hydrogens is 236 g/mol. The van der Waals surface area contributed by atoms with Crippen LogP contribution in [0.1, 0.15) is 64.1 Å². The Balaban J connectivity index is 1.98. The highest BCUT2D eigenvalue weighted by molar-refractivity contribution is 5.96. The number of aromatic nitrogens is 2. The molecule has 0 amide bonds. The average molecular weight is 260 g/mol. The third-order valence-corrected chi connectivity index (χ3v) is 3.95. The van der Waals surface area contributed by atoms with Gasteiger partial charge in [-0.15, -0.1) is 0 Å². The number of hydrogen-bond donors (Lipinski definition) is 0. The van der Waals surface area contributed by atoms with Crippen molar-refractivity contribution in [3.8, 4) is 0 Å². The summed E-state index contributed by atoms with van der Waals surface area (Å²) in [6, 6.07) is 2.38. The van der Waals surface area contributed by atoms with Crippen molar-refractivity contribution in [2.75, 3.05) is 0 Å². The van der Waals surface area contributed by atoms with Crippen molar-refractivity contribution in [2.24, 2.45) is 0 Å². The number of hydrogen-bond acceptors (Lipinski definition) is 2. The van der Waals surface area contributed by atoms with Crippen LogP contribution in [0.15, 0.2) is 23.9 Å². The minimum Gasteiger partial charge on any atom is -0.294 e. The molecular formula is C16H24N2O. The summed E-state index contributed by atoms with van der Waals surface area (Å²) in [7, 11) is 0. The molecule has 0 fully saturated rings. The van der Waals surface area contributed by atoms with Gasteiger partial charge in [-0.1, -0.05) is 19.4 Å². The molecule has 0 spiro atoms. The normalized spacial score (nSPS) is 17.7. The smallest absolute Gasteiger partial charge is 0.164 e. The number of ketones is 1. The van der Waals surface area contributed by atoms with Gasteiger partial charge in [0.1, 0.15) is 0 Å². The van der Waals surface area contributed by atoms with Crippen molar-refractivity contribution < 1.29 is 4.79 Å². The summed E-state index contributed by atoms with van der Waals surface area (Å²) in [5, 5.41) is 4.51. The van der Waals surface area contributed by atoms with Crippen molar-refractivity contribution in [1.82, 2.24) is 9.78 Å². The van der Waals surface area contributed by atoms with E-state index in [2.05, 4.69) is 25.0 Å². The summed E-state index contributed by atoms with van der Waals surface area (Å²) in [5.74, 6) is 0.260. The Morgan fingerprint density at radius 3 is 3.05 bits per heavy atom. The number of Topliss-reactive ketones (excluding diaryl/α,β-unsaturated/α-hetero) is 1. The summed E-state index contributed by atoms with van der Waals surface area (Å²) in [6.07, 6.45) is 11.3. The van der Waals surface area contributed by atoms with E-state index in [1.807, 2.05) is 16.9 Å². The standard InChI is InChI=1S/C16H24N2O/c1-3-13(2)18-11-10-15(17-18)12-16(19)14-8-6-4-5-7-9-14/h8,10-11,13H,3-7,9,12H2,1-2H3. The summed E-state index contributed by atoms with van der Waals surface area (Å²) in [6.45, 7) is 4.29. The Hall–Kier alpha value is -1.38. The fourth-order valence-electron chi connectivity index (χ4n) is 2.45. The highest BCUT2D eigenvalue weighted by Gasteiger charge is 2.14. The highest BCUT2D eigenvalue weighted by Crippen LogP contribution is 2.19. The van der Waals surface area contributed by atoms with Gasteiger partial charge in [0.05, 0.1) is 12.1 Å². The lowest BCUT2D eigenvalue weighted by Gasteiger charge is -2.08. The van der Waals surface area contributed by atoms with Gasteiger partial charge < -0.3 is 0 Å². The zero-order valence-electron chi connectivity index (χ0n) is 12.1. The molecule has 104 valence electrons. The first-order valence-corrected chi connectivity index (χ1v) is 7.47.